The topological polar surface area (TPSA) is 105 Å². The number of hydrogen-bond acceptors (Lipinski definition) is 5. The predicted molar refractivity (Wildman–Crippen MR) is 121 cm³/mol. The van der Waals surface area contributed by atoms with Crippen LogP contribution < -0.4 is 5.32 Å². The number of hydrogen-bond donors (Lipinski definition) is 2. The number of benzene rings is 2. The third kappa shape index (κ3) is 4.71. The van der Waals surface area contributed by atoms with Gasteiger partial charge >= 0.3 is 12.1 Å². The van der Waals surface area contributed by atoms with Gasteiger partial charge < -0.3 is 24.8 Å². The molecule has 2 aromatic carbocycles. The van der Waals surface area contributed by atoms with Crippen molar-refractivity contribution in [2.45, 2.75) is 31.4 Å². The summed E-state index contributed by atoms with van der Waals surface area (Å²) < 4.78 is 11.2. The molecule has 0 radical (unpaired) electrons. The van der Waals surface area contributed by atoms with E-state index in [1.54, 1.807) is 0 Å². The SMILES string of the molecule is C[C@@H](C(=O)O)N(C)C(=O)[C@@H]1CO[C@H](CNC(=O)OCC2c3ccccc3-c3ccccc32)C1. The van der Waals surface area contributed by atoms with Crippen molar-refractivity contribution in [1.29, 1.82) is 0 Å². The lowest BCUT2D eigenvalue weighted by Gasteiger charge is -2.24. The molecule has 2 aromatic rings. The average Bonchev–Trinajstić information content (AvgIpc) is 3.43. The van der Waals surface area contributed by atoms with E-state index in [0.717, 1.165) is 11.1 Å². The molecule has 0 bridgehead atoms. The zero-order chi connectivity index (χ0) is 23.5. The average molecular weight is 453 g/mol. The molecule has 8 heteroatoms. The normalized spacial score (nSPS) is 19.9. The zero-order valence-electron chi connectivity index (χ0n) is 18.7. The van der Waals surface area contributed by atoms with E-state index in [9.17, 15) is 14.4 Å². The van der Waals surface area contributed by atoms with Crippen LogP contribution in [0, 0.1) is 5.92 Å². The number of alkyl carbamates (subject to hydrolysis) is 1. The van der Waals surface area contributed by atoms with Crippen LogP contribution in [0.2, 0.25) is 0 Å². The maximum atomic E-state index is 12.5. The largest absolute Gasteiger partial charge is 0.480 e. The fraction of sp³-hybridized carbons (Fsp3) is 0.400. The molecule has 2 aliphatic rings. The van der Waals surface area contributed by atoms with E-state index in [1.807, 2.05) is 24.3 Å². The molecule has 1 saturated heterocycles. The lowest BCUT2D eigenvalue weighted by Crippen LogP contribution is -2.43. The zero-order valence-corrected chi connectivity index (χ0v) is 18.7. The Kier molecular flexibility index (Phi) is 6.65. The van der Waals surface area contributed by atoms with Gasteiger partial charge in [-0.2, -0.15) is 0 Å². The van der Waals surface area contributed by atoms with Gasteiger partial charge in [-0.15, -0.1) is 0 Å². The Bertz CT molecular complexity index is 1010. The number of ether oxygens (including phenoxy) is 2. The second-order valence-corrected chi connectivity index (χ2v) is 8.56. The summed E-state index contributed by atoms with van der Waals surface area (Å²) in [6, 6.07) is 15.4. The lowest BCUT2D eigenvalue weighted by atomic mass is 9.98. The van der Waals surface area contributed by atoms with E-state index in [-0.39, 0.29) is 37.7 Å². The van der Waals surface area contributed by atoms with Crippen molar-refractivity contribution >= 4 is 18.0 Å². The number of nitrogens with zero attached hydrogens (tertiary/aromatic N) is 1. The summed E-state index contributed by atoms with van der Waals surface area (Å²) >= 11 is 0. The van der Waals surface area contributed by atoms with Gasteiger partial charge in [0, 0.05) is 19.5 Å². The summed E-state index contributed by atoms with van der Waals surface area (Å²) in [6.07, 6.45) is -0.445. The molecule has 0 saturated carbocycles. The first kappa shape index (κ1) is 22.8. The minimum absolute atomic E-state index is 0.0142. The molecule has 1 fully saturated rings. The van der Waals surface area contributed by atoms with E-state index < -0.39 is 24.0 Å². The highest BCUT2D eigenvalue weighted by Gasteiger charge is 2.35. The number of aliphatic carboxylic acids is 1. The number of carbonyl (C=O) groups is 3. The Balaban J connectivity index is 1.26. The third-order valence-corrected chi connectivity index (χ3v) is 6.53. The molecule has 2 N–H and O–H groups in total. The molecular formula is C25H28N2O6. The molecule has 174 valence electrons. The summed E-state index contributed by atoms with van der Waals surface area (Å²) in [7, 11) is 1.48. The maximum Gasteiger partial charge on any atom is 0.407 e. The second kappa shape index (κ2) is 9.62. The van der Waals surface area contributed by atoms with Gasteiger partial charge in [0.2, 0.25) is 5.91 Å². The number of amides is 2. The number of nitrogens with one attached hydrogen (secondary N) is 1. The van der Waals surface area contributed by atoms with Crippen LogP contribution in [-0.2, 0) is 19.1 Å². The highest BCUT2D eigenvalue weighted by Crippen LogP contribution is 2.44. The molecule has 2 amide bonds. The summed E-state index contributed by atoms with van der Waals surface area (Å²) in [5.74, 6) is -1.77. The lowest BCUT2D eigenvalue weighted by molar-refractivity contribution is -0.149. The van der Waals surface area contributed by atoms with Gasteiger partial charge in [-0.25, -0.2) is 9.59 Å². The summed E-state index contributed by atoms with van der Waals surface area (Å²) in [5, 5.41) is 11.8. The fourth-order valence-electron chi connectivity index (χ4n) is 4.51. The van der Waals surface area contributed by atoms with Crippen LogP contribution in [0.15, 0.2) is 48.5 Å². The summed E-state index contributed by atoms with van der Waals surface area (Å²) in [4.78, 5) is 37.2. The summed E-state index contributed by atoms with van der Waals surface area (Å²) in [5.41, 5.74) is 4.62. The molecule has 33 heavy (non-hydrogen) atoms. The van der Waals surface area contributed by atoms with Crippen molar-refractivity contribution in [3.8, 4) is 11.1 Å². The van der Waals surface area contributed by atoms with Crippen LogP contribution in [0.4, 0.5) is 4.79 Å². The monoisotopic (exact) mass is 452 g/mol. The van der Waals surface area contributed by atoms with E-state index in [2.05, 4.69) is 29.6 Å². The van der Waals surface area contributed by atoms with Gasteiger partial charge in [-0.1, -0.05) is 48.5 Å². The smallest absolute Gasteiger partial charge is 0.407 e. The van der Waals surface area contributed by atoms with Crippen LogP contribution in [0.25, 0.3) is 11.1 Å². The molecule has 0 unspecified atom stereocenters. The van der Waals surface area contributed by atoms with E-state index in [4.69, 9.17) is 14.6 Å². The molecule has 3 atom stereocenters. The first-order chi connectivity index (χ1) is 15.9. The Labute approximate surface area is 192 Å². The number of carboxylic acids is 1. The van der Waals surface area contributed by atoms with Crippen LogP contribution in [0.5, 0.6) is 0 Å². The van der Waals surface area contributed by atoms with Crippen molar-refractivity contribution in [3.63, 3.8) is 0 Å². The Hall–Kier alpha value is -3.39. The highest BCUT2D eigenvalue weighted by atomic mass is 16.5. The van der Waals surface area contributed by atoms with E-state index >= 15 is 0 Å². The number of rotatable bonds is 7. The van der Waals surface area contributed by atoms with E-state index in [1.165, 1.54) is 30.0 Å². The molecule has 1 aliphatic heterocycles. The predicted octanol–water partition coefficient (Wildman–Crippen LogP) is 2.86. The molecule has 1 heterocycles. The minimum atomic E-state index is -1.06. The quantitative estimate of drug-likeness (QED) is 0.669. The first-order valence-electron chi connectivity index (χ1n) is 11.1. The molecule has 0 spiro atoms. The Morgan fingerprint density at radius 3 is 2.33 bits per heavy atom. The molecular weight excluding hydrogens is 424 g/mol. The van der Waals surface area contributed by atoms with Crippen LogP contribution in [0.1, 0.15) is 30.4 Å². The Morgan fingerprint density at radius 2 is 1.73 bits per heavy atom. The molecule has 4 rings (SSSR count). The van der Waals surface area contributed by atoms with Crippen molar-refractivity contribution in [2.24, 2.45) is 5.92 Å². The molecule has 8 nitrogen and oxygen atoms in total. The van der Waals surface area contributed by atoms with Gasteiger partial charge in [0.25, 0.3) is 0 Å². The van der Waals surface area contributed by atoms with Gasteiger partial charge in [0.05, 0.1) is 18.6 Å². The number of likely N-dealkylation sites (N-methyl/N-ethyl adjacent to an activating group) is 1. The highest BCUT2D eigenvalue weighted by molar-refractivity contribution is 5.85. The van der Waals surface area contributed by atoms with Crippen LogP contribution in [0.3, 0.4) is 0 Å². The molecule has 1 aliphatic carbocycles. The fourth-order valence-corrected chi connectivity index (χ4v) is 4.51. The van der Waals surface area contributed by atoms with Crippen molar-refractivity contribution < 1.29 is 29.0 Å². The van der Waals surface area contributed by atoms with Crippen LogP contribution in [-0.4, -0.2) is 66.9 Å². The number of carbonyl (C=O) groups excluding carboxylic acids is 2. The van der Waals surface area contributed by atoms with Gasteiger partial charge in [-0.05, 0) is 35.6 Å². The maximum absolute atomic E-state index is 12.5. The van der Waals surface area contributed by atoms with Gasteiger partial charge in [0.15, 0.2) is 0 Å². The number of carboxylic acid groups (broad SMARTS) is 1. The second-order valence-electron chi connectivity index (χ2n) is 8.56. The van der Waals surface area contributed by atoms with Crippen molar-refractivity contribution in [3.05, 3.63) is 59.7 Å². The third-order valence-electron chi connectivity index (χ3n) is 6.53. The van der Waals surface area contributed by atoms with Crippen molar-refractivity contribution in [1.82, 2.24) is 10.2 Å². The van der Waals surface area contributed by atoms with Crippen molar-refractivity contribution in [2.75, 3.05) is 26.8 Å². The van der Waals surface area contributed by atoms with Gasteiger partial charge in [-0.3, -0.25) is 4.79 Å². The van der Waals surface area contributed by atoms with Crippen LogP contribution >= 0.6 is 0 Å². The summed E-state index contributed by atoms with van der Waals surface area (Å²) in [6.45, 7) is 2.11. The molecule has 0 aromatic heterocycles. The number of fused-ring (bicyclic) bond motifs is 3. The van der Waals surface area contributed by atoms with E-state index in [0.29, 0.717) is 6.42 Å². The van der Waals surface area contributed by atoms with Gasteiger partial charge in [0.1, 0.15) is 12.6 Å². The Morgan fingerprint density at radius 1 is 1.12 bits per heavy atom. The minimum Gasteiger partial charge on any atom is -0.480 e. The first-order valence-corrected chi connectivity index (χ1v) is 11.1. The standard InChI is InChI=1S/C25H28N2O6/c1-15(24(29)30)27(2)23(28)16-11-17(32-13-16)12-26-25(31)33-14-22-20-9-5-3-7-18(20)19-8-4-6-10-21(19)22/h3-10,15-17,22H,11-14H2,1-2H3,(H,26,31)(H,29,30)/t15-,16-,17-/m0/s1.